The molecule has 5 heteroatoms. The molecule has 0 saturated heterocycles. The van der Waals surface area contributed by atoms with Crippen molar-refractivity contribution in [2.45, 2.75) is 30.9 Å². The van der Waals surface area contributed by atoms with E-state index in [9.17, 15) is 13.5 Å². The molecule has 3 aromatic carbocycles. The second-order valence-corrected chi connectivity index (χ2v) is 8.34. The minimum Gasteiger partial charge on any atom is -0.386 e. The molecule has 3 aromatic rings. The van der Waals surface area contributed by atoms with Crippen LogP contribution < -0.4 is 4.72 Å². The highest BCUT2D eigenvalue weighted by molar-refractivity contribution is 7.89. The van der Waals surface area contributed by atoms with E-state index in [-0.39, 0.29) is 4.90 Å². The van der Waals surface area contributed by atoms with Gasteiger partial charge in [-0.05, 0) is 42.7 Å². The van der Waals surface area contributed by atoms with Crippen molar-refractivity contribution in [2.75, 3.05) is 0 Å². The zero-order valence-corrected chi connectivity index (χ0v) is 16.1. The first-order valence-electron chi connectivity index (χ1n) is 8.76. The summed E-state index contributed by atoms with van der Waals surface area (Å²) in [6, 6.07) is 22.4. The maximum Gasteiger partial charge on any atom is 0.241 e. The monoisotopic (exact) mass is 381 g/mol. The molecule has 0 aliphatic heterocycles. The Labute approximate surface area is 160 Å². The zero-order chi connectivity index (χ0) is 19.4. The van der Waals surface area contributed by atoms with Gasteiger partial charge in [-0.15, -0.1) is 0 Å². The smallest absolute Gasteiger partial charge is 0.241 e. The standard InChI is InChI=1S/C22H23NO3S/c1-16-12-14-19(15-13-16)27(25,26)23-21(18-9-4-3-5-10-18)22(24)20-11-7-6-8-17(20)2/h3-15,21-24H,1-2H3/t21-,22-/m1/s1. The molecule has 0 radical (unpaired) electrons. The fourth-order valence-electron chi connectivity index (χ4n) is 3.03. The minimum atomic E-state index is -3.80. The summed E-state index contributed by atoms with van der Waals surface area (Å²) in [5.41, 5.74) is 3.27. The van der Waals surface area contributed by atoms with Gasteiger partial charge in [0.15, 0.2) is 0 Å². The maximum atomic E-state index is 12.9. The molecule has 4 nitrogen and oxygen atoms in total. The number of rotatable bonds is 6. The van der Waals surface area contributed by atoms with Gasteiger partial charge in [0.2, 0.25) is 10.0 Å². The van der Waals surface area contributed by atoms with Crippen LogP contribution in [0, 0.1) is 13.8 Å². The first kappa shape index (κ1) is 19.3. The third kappa shape index (κ3) is 4.45. The number of aryl methyl sites for hydroxylation is 2. The van der Waals surface area contributed by atoms with Crippen LogP contribution in [0.15, 0.2) is 83.8 Å². The van der Waals surface area contributed by atoms with Gasteiger partial charge in [-0.2, -0.15) is 0 Å². The predicted octanol–water partition coefficient (Wildman–Crippen LogP) is 4.06. The van der Waals surface area contributed by atoms with Gasteiger partial charge in [0.25, 0.3) is 0 Å². The van der Waals surface area contributed by atoms with Crippen LogP contribution in [0.2, 0.25) is 0 Å². The molecule has 0 aromatic heterocycles. The van der Waals surface area contributed by atoms with Gasteiger partial charge in [-0.3, -0.25) is 0 Å². The number of sulfonamides is 1. The van der Waals surface area contributed by atoms with Crippen LogP contribution in [-0.2, 0) is 10.0 Å². The molecule has 0 saturated carbocycles. The van der Waals surface area contributed by atoms with Crippen molar-refractivity contribution in [1.29, 1.82) is 0 Å². The van der Waals surface area contributed by atoms with Crippen molar-refractivity contribution in [2.24, 2.45) is 0 Å². The van der Waals surface area contributed by atoms with Gasteiger partial charge < -0.3 is 5.11 Å². The zero-order valence-electron chi connectivity index (χ0n) is 15.3. The lowest BCUT2D eigenvalue weighted by molar-refractivity contribution is 0.139. The van der Waals surface area contributed by atoms with Crippen LogP contribution in [-0.4, -0.2) is 13.5 Å². The molecule has 27 heavy (non-hydrogen) atoms. The molecule has 0 spiro atoms. The van der Waals surface area contributed by atoms with E-state index in [1.165, 1.54) is 0 Å². The second-order valence-electron chi connectivity index (χ2n) is 6.62. The highest BCUT2D eigenvalue weighted by Crippen LogP contribution is 2.32. The predicted molar refractivity (Wildman–Crippen MR) is 107 cm³/mol. The van der Waals surface area contributed by atoms with E-state index < -0.39 is 22.2 Å². The Morgan fingerprint density at radius 3 is 2.04 bits per heavy atom. The number of hydrogen-bond donors (Lipinski definition) is 2. The molecule has 0 amide bonds. The van der Waals surface area contributed by atoms with Gasteiger partial charge in [-0.25, -0.2) is 13.1 Å². The van der Waals surface area contributed by atoms with Gasteiger partial charge in [0.05, 0.1) is 17.0 Å². The molecule has 2 atom stereocenters. The molecule has 2 N–H and O–H groups in total. The summed E-state index contributed by atoms with van der Waals surface area (Å²) >= 11 is 0. The van der Waals surface area contributed by atoms with E-state index in [1.54, 1.807) is 24.3 Å². The fourth-order valence-corrected chi connectivity index (χ4v) is 4.26. The molecule has 0 bridgehead atoms. The lowest BCUT2D eigenvalue weighted by Crippen LogP contribution is -2.33. The Morgan fingerprint density at radius 2 is 1.41 bits per heavy atom. The highest BCUT2D eigenvalue weighted by Gasteiger charge is 2.29. The Kier molecular flexibility index (Phi) is 5.75. The largest absolute Gasteiger partial charge is 0.386 e. The molecule has 0 fully saturated rings. The van der Waals surface area contributed by atoms with Crippen LogP contribution in [0.3, 0.4) is 0 Å². The third-order valence-electron chi connectivity index (χ3n) is 4.59. The van der Waals surface area contributed by atoms with Gasteiger partial charge in [-0.1, -0.05) is 72.3 Å². The summed E-state index contributed by atoms with van der Waals surface area (Å²) in [7, 11) is -3.80. The van der Waals surface area contributed by atoms with E-state index in [1.807, 2.05) is 68.4 Å². The van der Waals surface area contributed by atoms with Crippen molar-refractivity contribution < 1.29 is 13.5 Å². The minimum absolute atomic E-state index is 0.172. The topological polar surface area (TPSA) is 66.4 Å². The Bertz CT molecular complexity index is 999. The van der Waals surface area contributed by atoms with Crippen LogP contribution in [0.1, 0.15) is 34.4 Å². The third-order valence-corrected chi connectivity index (χ3v) is 6.05. The molecular weight excluding hydrogens is 358 g/mol. The van der Waals surface area contributed by atoms with Crippen LogP contribution in [0.5, 0.6) is 0 Å². The molecular formula is C22H23NO3S. The van der Waals surface area contributed by atoms with E-state index in [2.05, 4.69) is 4.72 Å². The summed E-state index contributed by atoms with van der Waals surface area (Å²) in [6.07, 6.45) is -1.02. The quantitative estimate of drug-likeness (QED) is 0.677. The number of hydrogen-bond acceptors (Lipinski definition) is 3. The lowest BCUT2D eigenvalue weighted by Gasteiger charge is -2.26. The van der Waals surface area contributed by atoms with Crippen molar-refractivity contribution in [1.82, 2.24) is 4.72 Å². The van der Waals surface area contributed by atoms with E-state index in [0.29, 0.717) is 11.1 Å². The molecule has 140 valence electrons. The number of benzene rings is 3. The first-order chi connectivity index (χ1) is 12.9. The van der Waals surface area contributed by atoms with Crippen molar-refractivity contribution in [3.05, 3.63) is 101 Å². The highest BCUT2D eigenvalue weighted by atomic mass is 32.2. The number of aliphatic hydroxyl groups excluding tert-OH is 1. The maximum absolute atomic E-state index is 12.9. The molecule has 0 heterocycles. The normalized spacial score (nSPS) is 13.9. The summed E-state index contributed by atoms with van der Waals surface area (Å²) < 4.78 is 28.5. The van der Waals surface area contributed by atoms with Crippen molar-refractivity contribution in [3.8, 4) is 0 Å². The average molecular weight is 381 g/mol. The van der Waals surface area contributed by atoms with Gasteiger partial charge >= 0.3 is 0 Å². The summed E-state index contributed by atoms with van der Waals surface area (Å²) in [4.78, 5) is 0.172. The molecule has 3 rings (SSSR count). The Hall–Kier alpha value is -2.47. The SMILES string of the molecule is Cc1ccc(S(=O)(=O)N[C@H](c2ccccc2)[C@H](O)c2ccccc2C)cc1. The molecule has 0 unspecified atom stereocenters. The van der Waals surface area contributed by atoms with Crippen LogP contribution in [0.4, 0.5) is 0 Å². The van der Waals surface area contributed by atoms with Crippen molar-refractivity contribution in [3.63, 3.8) is 0 Å². The average Bonchev–Trinajstić information content (AvgIpc) is 2.67. The Balaban J connectivity index is 2.00. The van der Waals surface area contributed by atoms with E-state index >= 15 is 0 Å². The Morgan fingerprint density at radius 1 is 0.815 bits per heavy atom. The number of aliphatic hydroxyl groups is 1. The van der Waals surface area contributed by atoms with Crippen molar-refractivity contribution >= 4 is 10.0 Å². The van der Waals surface area contributed by atoms with Gasteiger partial charge in [0, 0.05) is 0 Å². The van der Waals surface area contributed by atoms with Crippen LogP contribution >= 0.6 is 0 Å². The fraction of sp³-hybridized carbons (Fsp3) is 0.182. The summed E-state index contributed by atoms with van der Waals surface area (Å²) in [5.74, 6) is 0. The summed E-state index contributed by atoms with van der Waals surface area (Å²) in [6.45, 7) is 3.80. The van der Waals surface area contributed by atoms with Crippen LogP contribution in [0.25, 0.3) is 0 Å². The molecule has 0 aliphatic carbocycles. The summed E-state index contributed by atoms with van der Waals surface area (Å²) in [5, 5.41) is 11.0. The first-order valence-corrected chi connectivity index (χ1v) is 10.2. The van der Waals surface area contributed by atoms with Gasteiger partial charge in [0.1, 0.15) is 0 Å². The molecule has 0 aliphatic rings. The lowest BCUT2D eigenvalue weighted by atomic mass is 9.94. The van der Waals surface area contributed by atoms with E-state index in [0.717, 1.165) is 11.1 Å². The number of nitrogens with one attached hydrogen (secondary N) is 1. The second kappa shape index (κ2) is 8.05. The van der Waals surface area contributed by atoms with E-state index in [4.69, 9.17) is 0 Å².